The Morgan fingerprint density at radius 2 is 1.71 bits per heavy atom. The van der Waals surface area contributed by atoms with Crippen molar-refractivity contribution in [1.82, 2.24) is 15.1 Å². The van der Waals surface area contributed by atoms with Gasteiger partial charge in [0.2, 0.25) is 0 Å². The number of methoxy groups -OCH3 is 3. The van der Waals surface area contributed by atoms with Crippen LogP contribution in [0.25, 0.3) is 11.3 Å². The fourth-order valence-corrected chi connectivity index (χ4v) is 4.12. The highest BCUT2D eigenvalue weighted by Gasteiger charge is 2.42. The predicted molar refractivity (Wildman–Crippen MR) is 118 cm³/mol. The van der Waals surface area contributed by atoms with Gasteiger partial charge in [-0.05, 0) is 47.9 Å². The summed E-state index contributed by atoms with van der Waals surface area (Å²) in [5.74, 6) is 2.31. The van der Waals surface area contributed by atoms with Gasteiger partial charge in [-0.3, -0.25) is 9.89 Å². The predicted octanol–water partition coefficient (Wildman–Crippen LogP) is 4.30. The summed E-state index contributed by atoms with van der Waals surface area (Å²) in [6.07, 6.45) is 0. The van der Waals surface area contributed by atoms with E-state index in [2.05, 4.69) is 24.0 Å². The normalized spacial score (nSPS) is 15.4. The van der Waals surface area contributed by atoms with E-state index in [4.69, 9.17) is 14.2 Å². The Labute approximate surface area is 181 Å². The molecule has 4 rings (SSSR count). The van der Waals surface area contributed by atoms with Crippen molar-refractivity contribution < 1.29 is 19.0 Å². The summed E-state index contributed by atoms with van der Waals surface area (Å²) in [4.78, 5) is 15.2. The highest BCUT2D eigenvalue weighted by Crippen LogP contribution is 2.44. The van der Waals surface area contributed by atoms with Crippen LogP contribution in [-0.2, 0) is 0 Å². The summed E-state index contributed by atoms with van der Waals surface area (Å²) in [7, 11) is 4.86. The van der Waals surface area contributed by atoms with Gasteiger partial charge in [0, 0.05) is 17.7 Å². The molecule has 0 radical (unpaired) electrons. The van der Waals surface area contributed by atoms with Crippen molar-refractivity contribution in [2.75, 3.05) is 27.9 Å². The van der Waals surface area contributed by atoms with Gasteiger partial charge in [-0.2, -0.15) is 5.10 Å². The van der Waals surface area contributed by atoms with Gasteiger partial charge in [0.05, 0.1) is 33.1 Å². The van der Waals surface area contributed by atoms with E-state index >= 15 is 0 Å². The number of rotatable bonds is 7. The number of nitrogens with one attached hydrogen (secondary N) is 1. The van der Waals surface area contributed by atoms with Gasteiger partial charge in [-0.15, -0.1) is 0 Å². The molecule has 7 heteroatoms. The highest BCUT2D eigenvalue weighted by atomic mass is 16.5. The lowest BCUT2D eigenvalue weighted by Gasteiger charge is -2.28. The Balaban J connectivity index is 1.87. The van der Waals surface area contributed by atoms with Crippen LogP contribution < -0.4 is 14.2 Å². The Morgan fingerprint density at radius 1 is 1.00 bits per heavy atom. The Kier molecular flexibility index (Phi) is 5.59. The van der Waals surface area contributed by atoms with Crippen molar-refractivity contribution in [1.29, 1.82) is 0 Å². The minimum atomic E-state index is -0.277. The molecule has 1 aliphatic heterocycles. The van der Waals surface area contributed by atoms with Crippen LogP contribution in [-0.4, -0.2) is 48.9 Å². The maximum absolute atomic E-state index is 13.3. The second-order valence-electron chi connectivity index (χ2n) is 7.96. The van der Waals surface area contributed by atoms with Crippen LogP contribution >= 0.6 is 0 Å². The first kappa shape index (κ1) is 20.8. The van der Waals surface area contributed by atoms with E-state index in [9.17, 15) is 4.79 Å². The van der Waals surface area contributed by atoms with Gasteiger partial charge in [-0.25, -0.2) is 0 Å². The van der Waals surface area contributed by atoms with Crippen molar-refractivity contribution in [2.24, 2.45) is 5.92 Å². The zero-order valence-electron chi connectivity index (χ0n) is 18.4. The van der Waals surface area contributed by atoms with E-state index in [0.717, 1.165) is 28.1 Å². The third-order valence-corrected chi connectivity index (χ3v) is 5.51. The molecule has 0 saturated heterocycles. The molecule has 162 valence electrons. The van der Waals surface area contributed by atoms with Crippen LogP contribution in [0.1, 0.15) is 41.5 Å². The first-order valence-corrected chi connectivity index (χ1v) is 10.2. The number of hydrogen-bond donors (Lipinski definition) is 1. The molecule has 3 aromatic rings. The Hall–Kier alpha value is -3.48. The summed E-state index contributed by atoms with van der Waals surface area (Å²) < 4.78 is 16.2. The highest BCUT2D eigenvalue weighted by molar-refractivity contribution is 6.00. The van der Waals surface area contributed by atoms with Crippen molar-refractivity contribution in [3.63, 3.8) is 0 Å². The van der Waals surface area contributed by atoms with Crippen LogP contribution in [0.5, 0.6) is 17.2 Å². The fourth-order valence-electron chi connectivity index (χ4n) is 4.12. The molecule has 1 amide bonds. The second kappa shape index (κ2) is 8.34. The molecule has 1 aliphatic rings. The molecule has 1 atom stereocenters. The van der Waals surface area contributed by atoms with Gasteiger partial charge < -0.3 is 19.1 Å². The van der Waals surface area contributed by atoms with Crippen molar-refractivity contribution in [3.05, 3.63) is 59.3 Å². The fraction of sp³-hybridized carbons (Fsp3) is 0.333. The van der Waals surface area contributed by atoms with E-state index in [1.54, 1.807) is 21.3 Å². The minimum absolute atomic E-state index is 0.0456. The van der Waals surface area contributed by atoms with E-state index in [1.165, 1.54) is 0 Å². The molecule has 7 nitrogen and oxygen atoms in total. The molecule has 1 unspecified atom stereocenters. The SMILES string of the molecule is COc1ccc(-c2n[nH]c3c2C(c2ccc(OC)c(OC)c2)N(CC(C)C)C3=O)cc1. The Morgan fingerprint density at radius 3 is 2.32 bits per heavy atom. The zero-order valence-corrected chi connectivity index (χ0v) is 18.4. The minimum Gasteiger partial charge on any atom is -0.497 e. The first-order valence-electron chi connectivity index (χ1n) is 10.2. The molecule has 0 fully saturated rings. The van der Waals surface area contributed by atoms with Gasteiger partial charge in [0.25, 0.3) is 5.91 Å². The number of amides is 1. The molecule has 2 heterocycles. The number of ether oxygens (including phenoxy) is 3. The summed E-state index contributed by atoms with van der Waals surface area (Å²) in [5, 5.41) is 7.50. The molecule has 0 bridgehead atoms. The van der Waals surface area contributed by atoms with Gasteiger partial charge in [-0.1, -0.05) is 19.9 Å². The molecule has 0 spiro atoms. The van der Waals surface area contributed by atoms with Crippen molar-refractivity contribution in [3.8, 4) is 28.5 Å². The standard InChI is InChI=1S/C24H27N3O4/c1-14(2)13-27-23(16-8-11-18(30-4)19(12-16)31-5)20-21(25-26-22(20)24(27)28)15-6-9-17(29-3)10-7-15/h6-12,14,23H,13H2,1-5H3,(H,25,26). The zero-order chi connectivity index (χ0) is 22.1. The van der Waals surface area contributed by atoms with Gasteiger partial charge in [0.1, 0.15) is 11.4 Å². The maximum Gasteiger partial charge on any atom is 0.273 e. The third-order valence-electron chi connectivity index (χ3n) is 5.51. The first-order chi connectivity index (χ1) is 15.0. The molecule has 1 aromatic heterocycles. The number of carbonyl (C=O) groups excluding carboxylic acids is 1. The molecular weight excluding hydrogens is 394 g/mol. The number of benzene rings is 2. The number of H-pyrrole nitrogens is 1. The van der Waals surface area contributed by atoms with Crippen molar-refractivity contribution in [2.45, 2.75) is 19.9 Å². The molecular formula is C24H27N3O4. The number of aromatic amines is 1. The topological polar surface area (TPSA) is 76.7 Å². The number of aromatic nitrogens is 2. The monoisotopic (exact) mass is 421 g/mol. The van der Waals surface area contributed by atoms with Gasteiger partial charge >= 0.3 is 0 Å². The van der Waals surface area contributed by atoms with E-state index in [-0.39, 0.29) is 11.9 Å². The van der Waals surface area contributed by atoms with Crippen LogP contribution in [0, 0.1) is 5.92 Å². The summed E-state index contributed by atoms with van der Waals surface area (Å²) in [5.41, 5.74) is 4.04. The maximum atomic E-state index is 13.3. The van der Waals surface area contributed by atoms with E-state index < -0.39 is 0 Å². The molecule has 2 aromatic carbocycles. The lowest BCUT2D eigenvalue weighted by Crippen LogP contribution is -2.32. The van der Waals surface area contributed by atoms with Crippen LogP contribution in [0.15, 0.2) is 42.5 Å². The molecule has 31 heavy (non-hydrogen) atoms. The van der Waals surface area contributed by atoms with Gasteiger partial charge in [0.15, 0.2) is 11.5 Å². The largest absolute Gasteiger partial charge is 0.497 e. The van der Waals surface area contributed by atoms with Crippen molar-refractivity contribution >= 4 is 5.91 Å². The Bertz CT molecular complexity index is 1090. The summed E-state index contributed by atoms with van der Waals surface area (Å²) >= 11 is 0. The summed E-state index contributed by atoms with van der Waals surface area (Å²) in [6, 6.07) is 13.2. The number of hydrogen-bond acceptors (Lipinski definition) is 5. The van der Waals surface area contributed by atoms with E-state index in [0.29, 0.717) is 29.7 Å². The smallest absolute Gasteiger partial charge is 0.273 e. The number of carbonyl (C=O) groups is 1. The van der Waals surface area contributed by atoms with Crippen LogP contribution in [0.3, 0.4) is 0 Å². The third kappa shape index (κ3) is 3.60. The summed E-state index contributed by atoms with van der Waals surface area (Å²) in [6.45, 7) is 4.84. The second-order valence-corrected chi connectivity index (χ2v) is 7.96. The molecule has 0 aliphatic carbocycles. The van der Waals surface area contributed by atoms with Crippen LogP contribution in [0.2, 0.25) is 0 Å². The van der Waals surface area contributed by atoms with E-state index in [1.807, 2.05) is 47.4 Å². The molecule has 1 N–H and O–H groups in total. The quantitative estimate of drug-likeness (QED) is 0.615. The number of fused-ring (bicyclic) bond motifs is 1. The number of nitrogens with zero attached hydrogens (tertiary/aromatic N) is 2. The van der Waals surface area contributed by atoms with Crippen LogP contribution in [0.4, 0.5) is 0 Å². The lowest BCUT2D eigenvalue weighted by molar-refractivity contribution is 0.0722. The molecule has 0 saturated carbocycles. The average molecular weight is 421 g/mol. The average Bonchev–Trinajstić information content (AvgIpc) is 3.32. The lowest BCUT2D eigenvalue weighted by atomic mass is 9.95.